The Morgan fingerprint density at radius 3 is 2.41 bits per heavy atom. The molecule has 0 bridgehead atoms. The van der Waals surface area contributed by atoms with Crippen molar-refractivity contribution in [2.75, 3.05) is 0 Å². The van der Waals surface area contributed by atoms with E-state index in [9.17, 15) is 9.18 Å². The summed E-state index contributed by atoms with van der Waals surface area (Å²) in [5.41, 5.74) is 2.73. The van der Waals surface area contributed by atoms with Gasteiger partial charge in [0.2, 0.25) is 11.8 Å². The van der Waals surface area contributed by atoms with Gasteiger partial charge < -0.3 is 9.64 Å². The maximum Gasteiger partial charge on any atom is 0.227 e. The fourth-order valence-corrected chi connectivity index (χ4v) is 4.22. The van der Waals surface area contributed by atoms with Crippen LogP contribution < -0.4 is 4.74 Å². The average Bonchev–Trinajstić information content (AvgIpc) is 3.55. The highest BCUT2D eigenvalue weighted by molar-refractivity contribution is 5.80. The van der Waals surface area contributed by atoms with Gasteiger partial charge in [-0.2, -0.15) is 5.10 Å². The SMILES string of the molecule is CCc1nn(-c2ccccc2)c(Oc2ccc(F)cc2)c1CN(C(=O)C1CCC1)C1CC1. The van der Waals surface area contributed by atoms with Crippen LogP contribution in [0.25, 0.3) is 5.69 Å². The highest BCUT2D eigenvalue weighted by atomic mass is 19.1. The Balaban J connectivity index is 1.55. The molecule has 2 fully saturated rings. The van der Waals surface area contributed by atoms with E-state index in [1.807, 2.05) is 35.2 Å². The molecule has 32 heavy (non-hydrogen) atoms. The number of aromatic nitrogens is 2. The van der Waals surface area contributed by atoms with Crippen LogP contribution >= 0.6 is 0 Å². The Hall–Kier alpha value is -3.15. The summed E-state index contributed by atoms with van der Waals surface area (Å²) in [6.45, 7) is 2.56. The minimum Gasteiger partial charge on any atom is -0.439 e. The minimum absolute atomic E-state index is 0.159. The van der Waals surface area contributed by atoms with Crippen LogP contribution in [0.3, 0.4) is 0 Å². The predicted octanol–water partition coefficient (Wildman–Crippen LogP) is 5.66. The molecule has 0 N–H and O–H groups in total. The van der Waals surface area contributed by atoms with Crippen LogP contribution in [0, 0.1) is 11.7 Å². The van der Waals surface area contributed by atoms with Crippen molar-refractivity contribution in [1.29, 1.82) is 0 Å². The number of para-hydroxylation sites is 1. The van der Waals surface area contributed by atoms with Crippen LogP contribution in [0.4, 0.5) is 4.39 Å². The number of carbonyl (C=O) groups excluding carboxylic acids is 1. The van der Waals surface area contributed by atoms with E-state index in [1.54, 1.807) is 16.8 Å². The Kier molecular flexibility index (Phi) is 5.68. The van der Waals surface area contributed by atoms with Gasteiger partial charge in [-0.1, -0.05) is 31.5 Å². The molecule has 0 atom stereocenters. The van der Waals surface area contributed by atoms with Crippen molar-refractivity contribution in [2.45, 2.75) is 58.0 Å². The van der Waals surface area contributed by atoms with Crippen molar-refractivity contribution >= 4 is 5.91 Å². The van der Waals surface area contributed by atoms with Crippen LogP contribution in [0.2, 0.25) is 0 Å². The summed E-state index contributed by atoms with van der Waals surface area (Å²) in [6.07, 6.45) is 5.96. The van der Waals surface area contributed by atoms with E-state index >= 15 is 0 Å². The number of hydrogen-bond donors (Lipinski definition) is 0. The minimum atomic E-state index is -0.311. The van der Waals surface area contributed by atoms with E-state index in [0.29, 0.717) is 24.2 Å². The van der Waals surface area contributed by atoms with Crippen molar-refractivity contribution in [3.63, 3.8) is 0 Å². The lowest BCUT2D eigenvalue weighted by atomic mass is 9.84. The molecule has 2 aliphatic rings. The fraction of sp³-hybridized carbons (Fsp3) is 0.385. The van der Waals surface area contributed by atoms with Crippen LogP contribution in [0.1, 0.15) is 50.3 Å². The lowest BCUT2D eigenvalue weighted by molar-refractivity contribution is -0.139. The van der Waals surface area contributed by atoms with Gasteiger partial charge in [-0.3, -0.25) is 4.79 Å². The topological polar surface area (TPSA) is 47.4 Å². The van der Waals surface area contributed by atoms with Gasteiger partial charge in [0.1, 0.15) is 11.6 Å². The molecule has 5 rings (SSSR count). The summed E-state index contributed by atoms with van der Waals surface area (Å²) >= 11 is 0. The number of halogens is 1. The Morgan fingerprint density at radius 1 is 1.09 bits per heavy atom. The third kappa shape index (κ3) is 4.14. The zero-order valence-corrected chi connectivity index (χ0v) is 18.3. The number of amides is 1. The van der Waals surface area contributed by atoms with Gasteiger partial charge in [-0.05, 0) is 68.5 Å². The monoisotopic (exact) mass is 433 g/mol. The molecular formula is C26H28FN3O2. The lowest BCUT2D eigenvalue weighted by Gasteiger charge is -2.32. The summed E-state index contributed by atoms with van der Waals surface area (Å²) in [5, 5.41) is 4.86. The maximum atomic E-state index is 13.5. The van der Waals surface area contributed by atoms with Gasteiger partial charge in [0.25, 0.3) is 0 Å². The summed E-state index contributed by atoms with van der Waals surface area (Å²) in [7, 11) is 0. The molecular weight excluding hydrogens is 405 g/mol. The molecule has 1 heterocycles. The predicted molar refractivity (Wildman–Crippen MR) is 120 cm³/mol. The number of nitrogens with zero attached hydrogens (tertiary/aromatic N) is 3. The first kappa shape index (κ1) is 20.7. The van der Waals surface area contributed by atoms with Gasteiger partial charge >= 0.3 is 0 Å². The Labute approximate surface area is 187 Å². The quantitative estimate of drug-likeness (QED) is 0.461. The van der Waals surface area contributed by atoms with Crippen molar-refractivity contribution in [3.8, 4) is 17.3 Å². The van der Waals surface area contributed by atoms with E-state index in [1.165, 1.54) is 12.1 Å². The molecule has 2 aromatic carbocycles. The molecule has 6 heteroatoms. The number of rotatable bonds is 8. The number of ether oxygens (including phenoxy) is 1. The zero-order chi connectivity index (χ0) is 22.1. The second kappa shape index (κ2) is 8.77. The average molecular weight is 434 g/mol. The highest BCUT2D eigenvalue weighted by Crippen LogP contribution is 2.38. The van der Waals surface area contributed by atoms with Gasteiger partial charge in [-0.15, -0.1) is 0 Å². The van der Waals surface area contributed by atoms with Gasteiger partial charge in [0, 0.05) is 12.0 Å². The Bertz CT molecular complexity index is 1090. The number of hydrogen-bond acceptors (Lipinski definition) is 3. The van der Waals surface area contributed by atoms with Gasteiger partial charge in [-0.25, -0.2) is 9.07 Å². The first-order chi connectivity index (χ1) is 15.6. The third-order valence-corrected chi connectivity index (χ3v) is 6.44. The van der Waals surface area contributed by atoms with Crippen molar-refractivity contribution in [2.24, 2.45) is 5.92 Å². The van der Waals surface area contributed by atoms with E-state index in [2.05, 4.69) is 6.92 Å². The van der Waals surface area contributed by atoms with Crippen LogP contribution in [0.15, 0.2) is 54.6 Å². The van der Waals surface area contributed by atoms with Crippen LogP contribution in [0.5, 0.6) is 11.6 Å². The van der Waals surface area contributed by atoms with E-state index in [4.69, 9.17) is 9.84 Å². The van der Waals surface area contributed by atoms with E-state index in [-0.39, 0.29) is 17.6 Å². The molecule has 1 aromatic heterocycles. The van der Waals surface area contributed by atoms with Gasteiger partial charge in [0.05, 0.1) is 23.5 Å². The summed E-state index contributed by atoms with van der Waals surface area (Å²) in [4.78, 5) is 15.3. The molecule has 0 aliphatic heterocycles. The molecule has 0 spiro atoms. The van der Waals surface area contributed by atoms with E-state index < -0.39 is 0 Å². The van der Waals surface area contributed by atoms with Crippen molar-refractivity contribution in [3.05, 3.63) is 71.7 Å². The summed E-state index contributed by atoms with van der Waals surface area (Å²) < 4.78 is 21.6. The third-order valence-electron chi connectivity index (χ3n) is 6.44. The molecule has 3 aromatic rings. The first-order valence-corrected chi connectivity index (χ1v) is 11.5. The number of aryl methyl sites for hydroxylation is 1. The number of carbonyl (C=O) groups is 1. The molecule has 0 radical (unpaired) electrons. The van der Waals surface area contributed by atoms with Gasteiger partial charge in [0.15, 0.2) is 0 Å². The van der Waals surface area contributed by atoms with Crippen molar-refractivity contribution < 1.29 is 13.9 Å². The van der Waals surface area contributed by atoms with Crippen LogP contribution in [-0.2, 0) is 17.8 Å². The molecule has 5 nitrogen and oxygen atoms in total. The Morgan fingerprint density at radius 2 is 1.81 bits per heavy atom. The highest BCUT2D eigenvalue weighted by Gasteiger charge is 2.39. The summed E-state index contributed by atoms with van der Waals surface area (Å²) in [5.74, 6) is 1.24. The second-order valence-corrected chi connectivity index (χ2v) is 8.71. The standard InChI is InChI=1S/C26H28FN3O2/c1-2-24-23(17-29(20-13-14-20)25(31)18-7-6-8-18)26(32-22-15-11-19(27)12-16-22)30(28-24)21-9-4-3-5-10-21/h3-5,9-12,15-16,18,20H,2,6-8,13-14,17H2,1H3. The molecule has 2 saturated carbocycles. The normalized spacial score (nSPS) is 15.9. The maximum absolute atomic E-state index is 13.5. The largest absolute Gasteiger partial charge is 0.439 e. The first-order valence-electron chi connectivity index (χ1n) is 11.5. The fourth-order valence-electron chi connectivity index (χ4n) is 4.22. The lowest BCUT2D eigenvalue weighted by Crippen LogP contribution is -2.40. The van der Waals surface area contributed by atoms with Crippen LogP contribution in [-0.4, -0.2) is 26.6 Å². The molecule has 166 valence electrons. The second-order valence-electron chi connectivity index (χ2n) is 8.71. The molecule has 2 aliphatic carbocycles. The molecule has 1 amide bonds. The van der Waals surface area contributed by atoms with E-state index in [0.717, 1.165) is 55.5 Å². The summed E-state index contributed by atoms with van der Waals surface area (Å²) in [6, 6.07) is 16.1. The molecule has 0 saturated heterocycles. The zero-order valence-electron chi connectivity index (χ0n) is 18.3. The molecule has 0 unspecified atom stereocenters. The van der Waals surface area contributed by atoms with Crippen molar-refractivity contribution in [1.82, 2.24) is 14.7 Å². The smallest absolute Gasteiger partial charge is 0.227 e. The number of benzene rings is 2.